The molecule has 1 saturated heterocycles. The van der Waals surface area contributed by atoms with E-state index in [0.29, 0.717) is 12.6 Å². The highest BCUT2D eigenvalue weighted by molar-refractivity contribution is 4.92. The second kappa shape index (κ2) is 6.88. The first-order chi connectivity index (χ1) is 8.74. The fourth-order valence-electron chi connectivity index (χ4n) is 3.53. The van der Waals surface area contributed by atoms with Gasteiger partial charge in [-0.15, -0.1) is 0 Å². The van der Waals surface area contributed by atoms with E-state index in [-0.39, 0.29) is 0 Å². The molecule has 3 heteroatoms. The van der Waals surface area contributed by atoms with E-state index >= 15 is 0 Å². The third-order valence-electron chi connectivity index (χ3n) is 4.95. The van der Waals surface area contributed by atoms with Crippen LogP contribution in [0.25, 0.3) is 0 Å². The molecule has 106 valence electrons. The van der Waals surface area contributed by atoms with Crippen molar-refractivity contribution in [1.29, 1.82) is 0 Å². The van der Waals surface area contributed by atoms with Crippen molar-refractivity contribution in [3.05, 3.63) is 0 Å². The zero-order chi connectivity index (χ0) is 13.0. The van der Waals surface area contributed by atoms with Crippen molar-refractivity contribution in [2.24, 2.45) is 11.8 Å². The molecule has 1 saturated carbocycles. The highest BCUT2D eigenvalue weighted by Gasteiger charge is 2.36. The molecule has 0 aromatic heterocycles. The number of nitrogens with one attached hydrogen (secondary N) is 1. The standard InChI is InChI=1S/C15H30N2O/c1-3-13-9-14(16-7-4-8-18)11-17(10-13)15-6-5-12(15)2/h12-16,18H,3-11H2,1-2H3. The van der Waals surface area contributed by atoms with Crippen molar-refractivity contribution < 1.29 is 5.11 Å². The molecule has 0 aromatic rings. The molecule has 0 aromatic carbocycles. The summed E-state index contributed by atoms with van der Waals surface area (Å²) >= 11 is 0. The van der Waals surface area contributed by atoms with E-state index < -0.39 is 0 Å². The lowest BCUT2D eigenvalue weighted by molar-refractivity contribution is 0.0220. The molecule has 3 nitrogen and oxygen atoms in total. The molecule has 18 heavy (non-hydrogen) atoms. The Morgan fingerprint density at radius 1 is 1.28 bits per heavy atom. The van der Waals surface area contributed by atoms with E-state index in [0.717, 1.165) is 30.8 Å². The van der Waals surface area contributed by atoms with Crippen LogP contribution >= 0.6 is 0 Å². The minimum Gasteiger partial charge on any atom is -0.396 e. The van der Waals surface area contributed by atoms with Gasteiger partial charge in [-0.1, -0.05) is 20.3 Å². The van der Waals surface area contributed by atoms with Crippen LogP contribution in [0.15, 0.2) is 0 Å². The van der Waals surface area contributed by atoms with E-state index in [4.69, 9.17) is 5.11 Å². The Bertz CT molecular complexity index is 247. The van der Waals surface area contributed by atoms with Crippen molar-refractivity contribution in [3.63, 3.8) is 0 Å². The largest absolute Gasteiger partial charge is 0.396 e. The van der Waals surface area contributed by atoms with Gasteiger partial charge in [0.1, 0.15) is 0 Å². The van der Waals surface area contributed by atoms with Crippen LogP contribution < -0.4 is 5.32 Å². The average Bonchev–Trinajstić information content (AvgIpc) is 2.37. The van der Waals surface area contributed by atoms with E-state index in [2.05, 4.69) is 24.1 Å². The van der Waals surface area contributed by atoms with Crippen molar-refractivity contribution >= 4 is 0 Å². The minimum absolute atomic E-state index is 0.306. The van der Waals surface area contributed by atoms with Crippen LogP contribution in [-0.2, 0) is 0 Å². The summed E-state index contributed by atoms with van der Waals surface area (Å²) in [4.78, 5) is 2.74. The zero-order valence-electron chi connectivity index (χ0n) is 12.1. The smallest absolute Gasteiger partial charge is 0.0443 e. The maximum absolute atomic E-state index is 8.87. The van der Waals surface area contributed by atoms with Crippen LogP contribution in [0.2, 0.25) is 0 Å². The molecule has 1 heterocycles. The Labute approximate surface area is 112 Å². The summed E-state index contributed by atoms with van der Waals surface area (Å²) < 4.78 is 0. The predicted octanol–water partition coefficient (Wildman–Crippen LogP) is 1.86. The second-order valence-electron chi connectivity index (χ2n) is 6.31. The molecule has 2 fully saturated rings. The first-order valence-corrected chi connectivity index (χ1v) is 7.82. The molecular weight excluding hydrogens is 224 g/mol. The minimum atomic E-state index is 0.306. The maximum Gasteiger partial charge on any atom is 0.0443 e. The van der Waals surface area contributed by atoms with Crippen LogP contribution in [0.5, 0.6) is 0 Å². The molecule has 2 aliphatic rings. The summed E-state index contributed by atoms with van der Waals surface area (Å²) in [5.41, 5.74) is 0. The molecule has 2 rings (SSSR count). The van der Waals surface area contributed by atoms with Gasteiger partial charge in [0.25, 0.3) is 0 Å². The number of likely N-dealkylation sites (tertiary alicyclic amines) is 1. The van der Waals surface area contributed by atoms with E-state index in [1.807, 2.05) is 0 Å². The normalized spacial score (nSPS) is 37.5. The summed E-state index contributed by atoms with van der Waals surface area (Å²) in [7, 11) is 0. The quantitative estimate of drug-likeness (QED) is 0.710. The molecule has 1 aliphatic carbocycles. The molecule has 1 aliphatic heterocycles. The second-order valence-corrected chi connectivity index (χ2v) is 6.31. The molecule has 0 radical (unpaired) electrons. The van der Waals surface area contributed by atoms with Gasteiger partial charge in [-0.05, 0) is 44.1 Å². The Balaban J connectivity index is 1.83. The van der Waals surface area contributed by atoms with Crippen molar-refractivity contribution in [1.82, 2.24) is 10.2 Å². The number of rotatable bonds is 6. The van der Waals surface area contributed by atoms with Gasteiger partial charge in [-0.2, -0.15) is 0 Å². The van der Waals surface area contributed by atoms with Crippen molar-refractivity contribution in [2.45, 2.75) is 58.0 Å². The molecule has 4 unspecified atom stereocenters. The molecule has 4 atom stereocenters. The number of hydrogen-bond acceptors (Lipinski definition) is 3. The summed E-state index contributed by atoms with van der Waals surface area (Å²) in [6, 6.07) is 1.49. The number of piperidine rings is 1. The highest BCUT2D eigenvalue weighted by atomic mass is 16.3. The highest BCUT2D eigenvalue weighted by Crippen LogP contribution is 2.34. The van der Waals surface area contributed by atoms with Gasteiger partial charge >= 0.3 is 0 Å². The van der Waals surface area contributed by atoms with Gasteiger partial charge in [0, 0.05) is 31.8 Å². The van der Waals surface area contributed by atoms with Gasteiger partial charge < -0.3 is 10.4 Å². The van der Waals surface area contributed by atoms with E-state index in [1.54, 1.807) is 0 Å². The monoisotopic (exact) mass is 254 g/mol. The van der Waals surface area contributed by atoms with Crippen molar-refractivity contribution in [2.75, 3.05) is 26.2 Å². The Hall–Kier alpha value is -0.120. The molecule has 0 bridgehead atoms. The van der Waals surface area contributed by atoms with Crippen LogP contribution in [0.1, 0.15) is 46.0 Å². The Morgan fingerprint density at radius 2 is 2.11 bits per heavy atom. The third-order valence-corrected chi connectivity index (χ3v) is 4.95. The summed E-state index contributed by atoms with van der Waals surface area (Å²) in [6.45, 7) is 8.52. The van der Waals surface area contributed by atoms with Gasteiger partial charge in [0.15, 0.2) is 0 Å². The van der Waals surface area contributed by atoms with Gasteiger partial charge in [0.05, 0.1) is 0 Å². The van der Waals surface area contributed by atoms with Gasteiger partial charge in [0.2, 0.25) is 0 Å². The molecule has 0 amide bonds. The molecule has 0 spiro atoms. The zero-order valence-corrected chi connectivity index (χ0v) is 12.1. The average molecular weight is 254 g/mol. The lowest BCUT2D eigenvalue weighted by Crippen LogP contribution is -2.56. The van der Waals surface area contributed by atoms with Crippen LogP contribution in [0.3, 0.4) is 0 Å². The SMILES string of the molecule is CCC1CC(NCCCO)CN(C2CCC2C)C1. The lowest BCUT2D eigenvalue weighted by Gasteiger charge is -2.48. The Kier molecular flexibility index (Phi) is 5.46. The number of aliphatic hydroxyl groups is 1. The molecular formula is C15H30N2O. The van der Waals surface area contributed by atoms with E-state index in [9.17, 15) is 0 Å². The van der Waals surface area contributed by atoms with Gasteiger partial charge in [-0.3, -0.25) is 4.90 Å². The van der Waals surface area contributed by atoms with Crippen LogP contribution in [0.4, 0.5) is 0 Å². The molecule has 2 N–H and O–H groups in total. The van der Waals surface area contributed by atoms with E-state index in [1.165, 1.54) is 38.8 Å². The fourth-order valence-corrected chi connectivity index (χ4v) is 3.53. The van der Waals surface area contributed by atoms with Crippen molar-refractivity contribution in [3.8, 4) is 0 Å². The summed E-state index contributed by atoms with van der Waals surface area (Å²) in [6.07, 6.45) is 6.32. The van der Waals surface area contributed by atoms with Crippen LogP contribution in [0, 0.1) is 11.8 Å². The van der Waals surface area contributed by atoms with Crippen LogP contribution in [-0.4, -0.2) is 48.3 Å². The Morgan fingerprint density at radius 3 is 2.67 bits per heavy atom. The summed E-state index contributed by atoms with van der Waals surface area (Å²) in [5, 5.41) is 12.5. The lowest BCUT2D eigenvalue weighted by atomic mass is 9.78. The number of aliphatic hydroxyl groups excluding tert-OH is 1. The first-order valence-electron chi connectivity index (χ1n) is 7.82. The maximum atomic E-state index is 8.87. The fraction of sp³-hybridized carbons (Fsp3) is 1.00. The summed E-state index contributed by atoms with van der Waals surface area (Å²) in [5.74, 6) is 1.76. The number of nitrogens with zero attached hydrogens (tertiary/aromatic N) is 1. The third kappa shape index (κ3) is 3.46. The number of hydrogen-bond donors (Lipinski definition) is 2. The van der Waals surface area contributed by atoms with Gasteiger partial charge in [-0.25, -0.2) is 0 Å². The topological polar surface area (TPSA) is 35.5 Å². The first kappa shape index (κ1) is 14.3. The predicted molar refractivity (Wildman–Crippen MR) is 75.7 cm³/mol.